The number of ether oxygens (including phenoxy) is 1. The average Bonchev–Trinajstić information content (AvgIpc) is 2.95. The normalized spacial score (nSPS) is 11.0. The molecule has 1 heterocycles. The molecule has 0 atom stereocenters. The second-order valence-corrected chi connectivity index (χ2v) is 5.08. The Balaban J connectivity index is 1.99. The number of phenols is 1. The van der Waals surface area contributed by atoms with Gasteiger partial charge in [0.25, 0.3) is 0 Å². The van der Waals surface area contributed by atoms with Crippen LogP contribution >= 0.6 is 12.2 Å². The number of nitrogens with one attached hydrogen (secondary N) is 1. The minimum absolute atomic E-state index is 0.150. The van der Waals surface area contributed by atoms with E-state index in [0.717, 1.165) is 11.3 Å². The van der Waals surface area contributed by atoms with Gasteiger partial charge < -0.3 is 9.84 Å². The fraction of sp³-hybridized carbons (Fsp3) is 0.0625. The first kappa shape index (κ1) is 15.0. The third-order valence-corrected chi connectivity index (χ3v) is 3.51. The van der Waals surface area contributed by atoms with Crippen molar-refractivity contribution < 1.29 is 9.84 Å². The molecule has 0 aliphatic carbocycles. The zero-order chi connectivity index (χ0) is 16.2. The van der Waals surface area contributed by atoms with Crippen molar-refractivity contribution in [3.8, 4) is 22.9 Å². The molecule has 1 aromatic heterocycles. The number of aromatic nitrogens is 3. The smallest absolute Gasteiger partial charge is 0.216 e. The summed E-state index contributed by atoms with van der Waals surface area (Å²) < 4.78 is 7.01. The van der Waals surface area contributed by atoms with Crippen molar-refractivity contribution in [3.63, 3.8) is 0 Å². The predicted octanol–water partition coefficient (Wildman–Crippen LogP) is 3.20. The van der Waals surface area contributed by atoms with Crippen molar-refractivity contribution in [2.45, 2.75) is 0 Å². The lowest BCUT2D eigenvalue weighted by atomic mass is 10.2. The molecule has 0 radical (unpaired) electrons. The number of hydrogen-bond donors (Lipinski definition) is 2. The number of aromatic hydroxyl groups is 1. The molecule has 2 aromatic carbocycles. The molecule has 0 spiro atoms. The first-order chi connectivity index (χ1) is 11.2. The molecule has 0 aliphatic rings. The van der Waals surface area contributed by atoms with Gasteiger partial charge in [0.05, 0.1) is 13.3 Å². The maximum atomic E-state index is 9.79. The van der Waals surface area contributed by atoms with E-state index in [1.54, 1.807) is 25.3 Å². The summed E-state index contributed by atoms with van der Waals surface area (Å²) >= 11 is 5.21. The predicted molar refractivity (Wildman–Crippen MR) is 90.5 cm³/mol. The molecule has 3 aromatic rings. The standard InChI is InChI=1S/C16H14N4O2S/c1-22-13-8-6-11(7-9-13)15-18-19-16(23)20(15)17-10-12-4-2-3-5-14(12)21/h2-10,21H,1H3,(H,19,23)/b17-10-. The van der Waals surface area contributed by atoms with Crippen LogP contribution in [0.1, 0.15) is 5.56 Å². The molecule has 116 valence electrons. The Labute approximate surface area is 137 Å². The maximum Gasteiger partial charge on any atom is 0.216 e. The van der Waals surface area contributed by atoms with Gasteiger partial charge in [-0.2, -0.15) is 14.9 Å². The summed E-state index contributed by atoms with van der Waals surface area (Å²) in [5.41, 5.74) is 1.43. The summed E-state index contributed by atoms with van der Waals surface area (Å²) in [6.07, 6.45) is 1.54. The van der Waals surface area contributed by atoms with Gasteiger partial charge in [-0.05, 0) is 48.6 Å². The highest BCUT2D eigenvalue weighted by molar-refractivity contribution is 7.71. The molecule has 0 bridgehead atoms. The zero-order valence-electron chi connectivity index (χ0n) is 12.3. The highest BCUT2D eigenvalue weighted by Crippen LogP contribution is 2.21. The lowest BCUT2D eigenvalue weighted by molar-refractivity contribution is 0.415. The van der Waals surface area contributed by atoms with Crippen LogP contribution in [0.25, 0.3) is 11.4 Å². The van der Waals surface area contributed by atoms with E-state index in [-0.39, 0.29) is 5.75 Å². The molecule has 0 aliphatic heterocycles. The van der Waals surface area contributed by atoms with Gasteiger partial charge in [0.1, 0.15) is 11.5 Å². The van der Waals surface area contributed by atoms with E-state index >= 15 is 0 Å². The Kier molecular flexibility index (Phi) is 4.20. The van der Waals surface area contributed by atoms with Crippen LogP contribution in [-0.4, -0.2) is 33.3 Å². The number of nitrogens with zero attached hydrogens (tertiary/aromatic N) is 3. The van der Waals surface area contributed by atoms with E-state index in [2.05, 4.69) is 15.3 Å². The van der Waals surface area contributed by atoms with Gasteiger partial charge in [0.15, 0.2) is 5.82 Å². The van der Waals surface area contributed by atoms with Gasteiger partial charge in [-0.15, -0.1) is 0 Å². The molecular formula is C16H14N4O2S. The molecule has 3 rings (SSSR count). The van der Waals surface area contributed by atoms with Crippen molar-refractivity contribution in [1.29, 1.82) is 0 Å². The monoisotopic (exact) mass is 326 g/mol. The number of aromatic amines is 1. The van der Waals surface area contributed by atoms with Crippen LogP contribution < -0.4 is 4.74 Å². The highest BCUT2D eigenvalue weighted by atomic mass is 32.1. The molecule has 2 N–H and O–H groups in total. The van der Waals surface area contributed by atoms with Crippen molar-refractivity contribution in [2.75, 3.05) is 7.11 Å². The van der Waals surface area contributed by atoms with Crippen LogP contribution in [0.2, 0.25) is 0 Å². The van der Waals surface area contributed by atoms with E-state index < -0.39 is 0 Å². The SMILES string of the molecule is COc1ccc(-c2n[nH]c(=S)n2/N=C\c2ccccc2O)cc1. The second-order valence-electron chi connectivity index (χ2n) is 4.70. The Morgan fingerprint density at radius 3 is 2.65 bits per heavy atom. The summed E-state index contributed by atoms with van der Waals surface area (Å²) in [5, 5.41) is 21.0. The Bertz CT molecular complexity index is 897. The molecule has 0 amide bonds. The average molecular weight is 326 g/mol. The molecule has 23 heavy (non-hydrogen) atoms. The summed E-state index contributed by atoms with van der Waals surface area (Å²) in [5.74, 6) is 1.48. The minimum atomic E-state index is 0.150. The van der Waals surface area contributed by atoms with Crippen LogP contribution in [0.4, 0.5) is 0 Å². The summed E-state index contributed by atoms with van der Waals surface area (Å²) in [6.45, 7) is 0. The molecule has 0 saturated carbocycles. The van der Waals surface area contributed by atoms with Crippen LogP contribution in [0.5, 0.6) is 11.5 Å². The topological polar surface area (TPSA) is 75.4 Å². The van der Waals surface area contributed by atoms with Crippen molar-refractivity contribution in [2.24, 2.45) is 5.10 Å². The Morgan fingerprint density at radius 2 is 1.96 bits per heavy atom. The molecular weight excluding hydrogens is 312 g/mol. The van der Waals surface area contributed by atoms with Gasteiger partial charge in [-0.25, -0.2) is 5.10 Å². The molecule has 0 unspecified atom stereocenters. The maximum absolute atomic E-state index is 9.79. The Hall–Kier alpha value is -2.93. The molecule has 7 heteroatoms. The lowest BCUT2D eigenvalue weighted by Crippen LogP contribution is -1.95. The van der Waals surface area contributed by atoms with E-state index in [0.29, 0.717) is 16.2 Å². The number of methoxy groups -OCH3 is 1. The van der Waals surface area contributed by atoms with Crippen LogP contribution in [0.15, 0.2) is 53.6 Å². The fourth-order valence-electron chi connectivity index (χ4n) is 2.04. The fourth-order valence-corrected chi connectivity index (χ4v) is 2.22. The molecule has 0 fully saturated rings. The third kappa shape index (κ3) is 3.14. The third-order valence-electron chi connectivity index (χ3n) is 3.25. The lowest BCUT2D eigenvalue weighted by Gasteiger charge is -2.03. The highest BCUT2D eigenvalue weighted by Gasteiger charge is 2.08. The van der Waals surface area contributed by atoms with Gasteiger partial charge in [0.2, 0.25) is 4.77 Å². The minimum Gasteiger partial charge on any atom is -0.507 e. The number of para-hydroxylation sites is 1. The van der Waals surface area contributed by atoms with Gasteiger partial charge in [-0.1, -0.05) is 12.1 Å². The van der Waals surface area contributed by atoms with Crippen LogP contribution in [0, 0.1) is 4.77 Å². The number of benzene rings is 2. The number of rotatable bonds is 4. The first-order valence-corrected chi connectivity index (χ1v) is 7.24. The van der Waals surface area contributed by atoms with Gasteiger partial charge in [-0.3, -0.25) is 0 Å². The van der Waals surface area contributed by atoms with Crippen molar-refractivity contribution >= 4 is 18.4 Å². The van der Waals surface area contributed by atoms with E-state index in [1.807, 2.05) is 30.3 Å². The zero-order valence-corrected chi connectivity index (χ0v) is 13.1. The quantitative estimate of drug-likeness (QED) is 0.570. The van der Waals surface area contributed by atoms with Crippen LogP contribution in [-0.2, 0) is 0 Å². The van der Waals surface area contributed by atoms with E-state index in [1.165, 1.54) is 10.9 Å². The first-order valence-electron chi connectivity index (χ1n) is 6.83. The number of phenolic OH excluding ortho intramolecular Hbond substituents is 1. The Morgan fingerprint density at radius 1 is 1.22 bits per heavy atom. The van der Waals surface area contributed by atoms with Crippen molar-refractivity contribution in [1.82, 2.24) is 14.9 Å². The second kappa shape index (κ2) is 6.45. The van der Waals surface area contributed by atoms with Gasteiger partial charge >= 0.3 is 0 Å². The van der Waals surface area contributed by atoms with Crippen LogP contribution in [0.3, 0.4) is 0 Å². The molecule has 6 nitrogen and oxygen atoms in total. The van der Waals surface area contributed by atoms with Crippen molar-refractivity contribution in [3.05, 3.63) is 58.9 Å². The molecule has 0 saturated heterocycles. The largest absolute Gasteiger partial charge is 0.507 e. The van der Waals surface area contributed by atoms with E-state index in [4.69, 9.17) is 17.0 Å². The van der Waals surface area contributed by atoms with Gasteiger partial charge in [0, 0.05) is 11.1 Å². The summed E-state index contributed by atoms with van der Waals surface area (Å²) in [7, 11) is 1.61. The van der Waals surface area contributed by atoms with E-state index in [9.17, 15) is 5.11 Å². The summed E-state index contributed by atoms with van der Waals surface area (Å²) in [6, 6.07) is 14.3. The number of H-pyrrole nitrogens is 1. The summed E-state index contributed by atoms with van der Waals surface area (Å²) in [4.78, 5) is 0. The number of hydrogen-bond acceptors (Lipinski definition) is 5.